The molecule has 2 N–H and O–H groups in total. The number of likely N-dealkylation sites (tertiary alicyclic amines) is 1. The highest BCUT2D eigenvalue weighted by Crippen LogP contribution is 2.30. The second kappa shape index (κ2) is 5.76. The van der Waals surface area contributed by atoms with E-state index < -0.39 is 0 Å². The molecule has 0 aromatic carbocycles. The highest BCUT2D eigenvalue weighted by molar-refractivity contribution is 5.10. The van der Waals surface area contributed by atoms with Crippen LogP contribution in [0.2, 0.25) is 0 Å². The van der Waals surface area contributed by atoms with Crippen molar-refractivity contribution in [3.63, 3.8) is 0 Å². The second-order valence-electron chi connectivity index (χ2n) is 5.24. The van der Waals surface area contributed by atoms with Crippen LogP contribution in [-0.4, -0.2) is 29.0 Å². The van der Waals surface area contributed by atoms with Gasteiger partial charge in [-0.3, -0.25) is 9.88 Å². The lowest BCUT2D eigenvalue weighted by atomic mass is 9.89. The van der Waals surface area contributed by atoms with Gasteiger partial charge >= 0.3 is 0 Å². The zero-order valence-corrected chi connectivity index (χ0v) is 11.1. The number of halogens is 1. The molecular formula is C14H22FN3. The predicted octanol–water partition coefficient (Wildman–Crippen LogP) is 2.34. The van der Waals surface area contributed by atoms with Crippen LogP contribution < -0.4 is 5.73 Å². The maximum Gasteiger partial charge on any atom is 0.141 e. The van der Waals surface area contributed by atoms with Crippen LogP contribution in [0.5, 0.6) is 0 Å². The monoisotopic (exact) mass is 251 g/mol. The van der Waals surface area contributed by atoms with E-state index in [0.29, 0.717) is 18.5 Å². The first-order chi connectivity index (χ1) is 8.63. The molecule has 3 nitrogen and oxygen atoms in total. The number of piperidine rings is 1. The van der Waals surface area contributed by atoms with E-state index in [4.69, 9.17) is 5.73 Å². The topological polar surface area (TPSA) is 42.2 Å². The summed E-state index contributed by atoms with van der Waals surface area (Å²) in [6.07, 6.45) is 3.72. The summed E-state index contributed by atoms with van der Waals surface area (Å²) in [6, 6.07) is 3.85. The van der Waals surface area contributed by atoms with Gasteiger partial charge in [0.2, 0.25) is 0 Å². The first kappa shape index (κ1) is 13.4. The van der Waals surface area contributed by atoms with Crippen LogP contribution in [0.3, 0.4) is 0 Å². The third-order valence-corrected chi connectivity index (χ3v) is 4.08. The third-order valence-electron chi connectivity index (χ3n) is 4.08. The molecule has 1 aromatic heterocycles. The van der Waals surface area contributed by atoms with Crippen LogP contribution in [0.1, 0.15) is 38.4 Å². The van der Waals surface area contributed by atoms with Crippen molar-refractivity contribution in [3.05, 3.63) is 29.8 Å². The van der Waals surface area contributed by atoms with Crippen LogP contribution in [0.4, 0.5) is 4.39 Å². The van der Waals surface area contributed by atoms with E-state index in [9.17, 15) is 4.39 Å². The fraction of sp³-hybridized carbons (Fsp3) is 0.643. The fourth-order valence-corrected chi connectivity index (χ4v) is 2.93. The molecule has 1 aromatic rings. The maximum absolute atomic E-state index is 12.9. The maximum atomic E-state index is 12.9. The molecule has 18 heavy (non-hydrogen) atoms. The summed E-state index contributed by atoms with van der Waals surface area (Å²) < 4.78 is 12.9. The molecule has 2 rings (SSSR count). The van der Waals surface area contributed by atoms with Crippen molar-refractivity contribution in [2.45, 2.75) is 38.8 Å². The van der Waals surface area contributed by atoms with Crippen molar-refractivity contribution in [1.29, 1.82) is 0 Å². The van der Waals surface area contributed by atoms with E-state index in [1.54, 1.807) is 6.07 Å². The summed E-state index contributed by atoms with van der Waals surface area (Å²) in [5.74, 6) is 0.333. The quantitative estimate of drug-likeness (QED) is 0.896. The van der Waals surface area contributed by atoms with Crippen molar-refractivity contribution in [3.8, 4) is 0 Å². The number of nitrogens with zero attached hydrogens (tertiary/aromatic N) is 2. The normalized spacial score (nSPS) is 27.1. The number of hydrogen-bond donors (Lipinski definition) is 1. The van der Waals surface area contributed by atoms with Crippen LogP contribution >= 0.6 is 0 Å². The Hall–Kier alpha value is -1.00. The van der Waals surface area contributed by atoms with Crippen LogP contribution in [0, 0.1) is 11.7 Å². The molecule has 4 heteroatoms. The van der Waals surface area contributed by atoms with Crippen molar-refractivity contribution in [2.24, 2.45) is 11.7 Å². The largest absolute Gasteiger partial charge is 0.329 e. The van der Waals surface area contributed by atoms with E-state index in [2.05, 4.69) is 23.7 Å². The molecule has 1 aliphatic rings. The Morgan fingerprint density at radius 1 is 1.56 bits per heavy atom. The first-order valence-corrected chi connectivity index (χ1v) is 6.70. The van der Waals surface area contributed by atoms with Crippen molar-refractivity contribution >= 4 is 0 Å². The lowest BCUT2D eigenvalue weighted by Gasteiger charge is -2.42. The Morgan fingerprint density at radius 3 is 2.94 bits per heavy atom. The average molecular weight is 251 g/mol. The van der Waals surface area contributed by atoms with Crippen molar-refractivity contribution in [2.75, 3.05) is 13.1 Å². The molecular weight excluding hydrogens is 229 g/mol. The predicted molar refractivity (Wildman–Crippen MR) is 70.6 cm³/mol. The highest BCUT2D eigenvalue weighted by Gasteiger charge is 2.31. The van der Waals surface area contributed by atoms with Crippen LogP contribution in [0.15, 0.2) is 18.3 Å². The number of pyridine rings is 1. The Labute approximate surface area is 108 Å². The molecule has 0 aliphatic carbocycles. The van der Waals surface area contributed by atoms with Gasteiger partial charge in [0.25, 0.3) is 0 Å². The zero-order valence-electron chi connectivity index (χ0n) is 11.1. The molecule has 0 spiro atoms. The molecule has 3 unspecified atom stereocenters. The molecule has 1 aliphatic heterocycles. The second-order valence-corrected chi connectivity index (χ2v) is 5.24. The van der Waals surface area contributed by atoms with E-state index in [1.165, 1.54) is 25.1 Å². The molecule has 3 atom stereocenters. The van der Waals surface area contributed by atoms with Crippen molar-refractivity contribution in [1.82, 2.24) is 9.88 Å². The summed E-state index contributed by atoms with van der Waals surface area (Å²) in [4.78, 5) is 6.60. The summed E-state index contributed by atoms with van der Waals surface area (Å²) >= 11 is 0. The highest BCUT2D eigenvalue weighted by atomic mass is 19.1. The van der Waals surface area contributed by atoms with Gasteiger partial charge in [0.1, 0.15) is 5.82 Å². The summed E-state index contributed by atoms with van der Waals surface area (Å²) in [7, 11) is 0. The van der Waals surface area contributed by atoms with Gasteiger partial charge in [-0.05, 0) is 44.4 Å². The van der Waals surface area contributed by atoms with E-state index >= 15 is 0 Å². The SMILES string of the molecule is CC1CCCN(C(C)c2ccc(F)cn2)C1CN. The minimum atomic E-state index is -0.284. The summed E-state index contributed by atoms with van der Waals surface area (Å²) in [5, 5.41) is 0. The van der Waals surface area contributed by atoms with Gasteiger partial charge in [0.15, 0.2) is 0 Å². The molecule has 2 heterocycles. The van der Waals surface area contributed by atoms with E-state index in [-0.39, 0.29) is 11.9 Å². The lowest BCUT2D eigenvalue weighted by molar-refractivity contribution is 0.0672. The Kier molecular flexibility index (Phi) is 4.30. The number of aromatic nitrogens is 1. The minimum Gasteiger partial charge on any atom is -0.329 e. The zero-order chi connectivity index (χ0) is 13.1. The lowest BCUT2D eigenvalue weighted by Crippen LogP contribution is -2.49. The molecule has 0 saturated carbocycles. The van der Waals surface area contributed by atoms with Gasteiger partial charge in [-0.2, -0.15) is 0 Å². The van der Waals surface area contributed by atoms with Crippen LogP contribution in [0.25, 0.3) is 0 Å². The summed E-state index contributed by atoms with van der Waals surface area (Å²) in [6.45, 7) is 6.11. The van der Waals surface area contributed by atoms with E-state index in [1.807, 2.05) is 0 Å². The van der Waals surface area contributed by atoms with Gasteiger partial charge in [0, 0.05) is 18.6 Å². The third kappa shape index (κ3) is 2.70. The first-order valence-electron chi connectivity index (χ1n) is 6.70. The Bertz CT molecular complexity index is 379. The van der Waals surface area contributed by atoms with Gasteiger partial charge in [-0.1, -0.05) is 6.92 Å². The van der Waals surface area contributed by atoms with Gasteiger partial charge < -0.3 is 5.73 Å². The average Bonchev–Trinajstić information content (AvgIpc) is 2.38. The standard InChI is InChI=1S/C14H22FN3/c1-10-4-3-7-18(14(10)8-16)11(2)13-6-5-12(15)9-17-13/h5-6,9-11,14H,3-4,7-8,16H2,1-2H3. The summed E-state index contributed by atoms with van der Waals surface area (Å²) in [5.41, 5.74) is 6.82. The molecule has 1 saturated heterocycles. The molecule has 100 valence electrons. The smallest absolute Gasteiger partial charge is 0.141 e. The number of hydrogen-bond acceptors (Lipinski definition) is 3. The molecule has 0 bridgehead atoms. The number of rotatable bonds is 3. The van der Waals surface area contributed by atoms with Gasteiger partial charge in [0.05, 0.1) is 11.9 Å². The van der Waals surface area contributed by atoms with Crippen molar-refractivity contribution < 1.29 is 4.39 Å². The minimum absolute atomic E-state index is 0.196. The van der Waals surface area contributed by atoms with Crippen LogP contribution in [-0.2, 0) is 0 Å². The van der Waals surface area contributed by atoms with Gasteiger partial charge in [-0.25, -0.2) is 4.39 Å². The Balaban J connectivity index is 2.15. The Morgan fingerprint density at radius 2 is 2.33 bits per heavy atom. The van der Waals surface area contributed by atoms with E-state index in [0.717, 1.165) is 12.2 Å². The molecule has 1 fully saturated rings. The van der Waals surface area contributed by atoms with Gasteiger partial charge in [-0.15, -0.1) is 0 Å². The molecule has 0 radical (unpaired) electrons. The number of nitrogens with two attached hydrogens (primary N) is 1. The fourth-order valence-electron chi connectivity index (χ4n) is 2.93. The molecule has 0 amide bonds.